The fourth-order valence-corrected chi connectivity index (χ4v) is 5.26. The Morgan fingerprint density at radius 2 is 1.93 bits per heavy atom. The number of aryl methyl sites for hydroxylation is 1. The van der Waals surface area contributed by atoms with Gasteiger partial charge >= 0.3 is 0 Å². The van der Waals surface area contributed by atoms with Crippen LogP contribution in [0.3, 0.4) is 0 Å². The van der Waals surface area contributed by atoms with E-state index in [9.17, 15) is 4.79 Å². The van der Waals surface area contributed by atoms with Gasteiger partial charge in [-0.25, -0.2) is 4.98 Å². The van der Waals surface area contributed by atoms with Gasteiger partial charge in [-0.2, -0.15) is 0 Å². The first-order chi connectivity index (χ1) is 13.0. The number of thioether (sulfide) groups is 1. The van der Waals surface area contributed by atoms with Gasteiger partial charge in [0.15, 0.2) is 10.1 Å². The zero-order valence-corrected chi connectivity index (χ0v) is 17.3. The number of para-hydroxylation sites is 1. The fraction of sp³-hybridized carbons (Fsp3) is 0.143. The molecule has 0 amide bonds. The maximum Gasteiger partial charge on any atom is 0.174 e. The molecule has 0 fully saturated rings. The first-order valence-electron chi connectivity index (χ1n) is 8.49. The van der Waals surface area contributed by atoms with E-state index in [2.05, 4.69) is 21.7 Å². The molecule has 2 aromatic carbocycles. The summed E-state index contributed by atoms with van der Waals surface area (Å²) in [7, 11) is 0. The number of benzene rings is 2. The van der Waals surface area contributed by atoms with Crippen LogP contribution in [-0.4, -0.2) is 21.1 Å². The number of aromatic nitrogens is 2. The minimum Gasteiger partial charge on any atom is -0.318 e. The van der Waals surface area contributed by atoms with Crippen LogP contribution in [0.1, 0.15) is 21.7 Å². The molecule has 0 atom stereocenters. The molecule has 3 nitrogen and oxygen atoms in total. The van der Waals surface area contributed by atoms with Crippen molar-refractivity contribution in [2.24, 2.45) is 0 Å². The Morgan fingerprint density at radius 1 is 1.15 bits per heavy atom. The Morgan fingerprint density at radius 3 is 2.70 bits per heavy atom. The van der Waals surface area contributed by atoms with E-state index in [1.54, 1.807) is 11.3 Å². The summed E-state index contributed by atoms with van der Waals surface area (Å²) >= 11 is 9.09. The van der Waals surface area contributed by atoms with Crippen molar-refractivity contribution in [2.75, 3.05) is 5.75 Å². The van der Waals surface area contributed by atoms with E-state index >= 15 is 0 Å². The van der Waals surface area contributed by atoms with E-state index in [-0.39, 0.29) is 5.78 Å². The molecular formula is C21H17ClN2OS2. The molecule has 0 aliphatic rings. The van der Waals surface area contributed by atoms with Crippen LogP contribution in [-0.2, 0) is 0 Å². The van der Waals surface area contributed by atoms with Gasteiger partial charge in [0.05, 0.1) is 16.0 Å². The molecule has 0 aliphatic carbocycles. The van der Waals surface area contributed by atoms with Crippen molar-refractivity contribution < 1.29 is 4.79 Å². The molecule has 0 aliphatic heterocycles. The smallest absolute Gasteiger partial charge is 0.174 e. The SMILES string of the molecule is Cc1cc(C(=O)CSc2nc3cc(Cl)ccc3s2)c(C)n1-c1ccccc1. The lowest BCUT2D eigenvalue weighted by molar-refractivity contribution is 0.102. The van der Waals surface area contributed by atoms with Crippen molar-refractivity contribution in [3.8, 4) is 5.69 Å². The molecule has 4 aromatic rings. The molecular weight excluding hydrogens is 396 g/mol. The van der Waals surface area contributed by atoms with Gasteiger partial charge in [-0.15, -0.1) is 11.3 Å². The molecule has 27 heavy (non-hydrogen) atoms. The second-order valence-electron chi connectivity index (χ2n) is 6.26. The number of nitrogens with zero attached hydrogens (tertiary/aromatic N) is 2. The Hall–Kier alpha value is -2.08. The number of carbonyl (C=O) groups excluding carboxylic acids is 1. The summed E-state index contributed by atoms with van der Waals surface area (Å²) in [4.78, 5) is 17.4. The third kappa shape index (κ3) is 3.68. The number of Topliss-reactive ketones (excluding diaryl/α,β-unsaturated/α-hetero) is 1. The van der Waals surface area contributed by atoms with Crippen LogP contribution in [0.15, 0.2) is 58.9 Å². The summed E-state index contributed by atoms with van der Waals surface area (Å²) in [5, 5.41) is 0.675. The van der Waals surface area contributed by atoms with Gasteiger partial charge in [-0.1, -0.05) is 41.6 Å². The molecule has 6 heteroatoms. The van der Waals surface area contributed by atoms with E-state index in [1.165, 1.54) is 11.8 Å². The summed E-state index contributed by atoms with van der Waals surface area (Å²) in [6.45, 7) is 4.03. The zero-order chi connectivity index (χ0) is 19.0. The van der Waals surface area contributed by atoms with E-state index < -0.39 is 0 Å². The summed E-state index contributed by atoms with van der Waals surface area (Å²) in [5.41, 5.74) is 4.75. The highest BCUT2D eigenvalue weighted by atomic mass is 35.5. The topological polar surface area (TPSA) is 34.9 Å². The predicted octanol–water partition coefficient (Wildman–Crippen LogP) is 6.33. The molecule has 0 N–H and O–H groups in total. The van der Waals surface area contributed by atoms with Gasteiger partial charge in [0.1, 0.15) is 0 Å². The van der Waals surface area contributed by atoms with Crippen LogP contribution in [0.4, 0.5) is 0 Å². The average Bonchev–Trinajstić information content (AvgIpc) is 3.20. The monoisotopic (exact) mass is 412 g/mol. The molecule has 2 heterocycles. The Labute approximate surface area is 171 Å². The highest BCUT2D eigenvalue weighted by Gasteiger charge is 2.17. The van der Waals surface area contributed by atoms with Crippen molar-refractivity contribution >= 4 is 50.7 Å². The standard InChI is InChI=1S/C21H17ClN2OS2/c1-13-10-17(14(2)24(13)16-6-4-3-5-7-16)19(25)12-26-21-23-18-11-15(22)8-9-20(18)27-21/h3-11H,12H2,1-2H3. The molecule has 0 unspecified atom stereocenters. The second kappa shape index (κ2) is 7.50. The number of thiazole rings is 1. The first-order valence-corrected chi connectivity index (χ1v) is 10.7. The van der Waals surface area contributed by atoms with Crippen LogP contribution in [0.25, 0.3) is 15.9 Å². The molecule has 0 saturated heterocycles. The first kappa shape index (κ1) is 18.3. The quantitative estimate of drug-likeness (QED) is 0.283. The van der Waals surface area contributed by atoms with E-state index in [0.29, 0.717) is 10.8 Å². The van der Waals surface area contributed by atoms with Crippen molar-refractivity contribution in [1.29, 1.82) is 0 Å². The third-order valence-corrected chi connectivity index (χ3v) is 6.82. The van der Waals surface area contributed by atoms with Crippen molar-refractivity contribution in [2.45, 2.75) is 18.2 Å². The average molecular weight is 413 g/mol. The van der Waals surface area contributed by atoms with E-state index in [4.69, 9.17) is 11.6 Å². The normalized spacial score (nSPS) is 11.2. The van der Waals surface area contributed by atoms with Gasteiger partial charge in [0, 0.05) is 27.7 Å². The minimum atomic E-state index is 0.118. The van der Waals surface area contributed by atoms with Crippen molar-refractivity contribution in [3.63, 3.8) is 0 Å². The van der Waals surface area contributed by atoms with Crippen LogP contribution < -0.4 is 0 Å². The molecule has 0 saturated carbocycles. The summed E-state index contributed by atoms with van der Waals surface area (Å²) in [6, 6.07) is 17.8. The van der Waals surface area contributed by atoms with E-state index in [1.807, 2.05) is 56.3 Å². The van der Waals surface area contributed by atoms with Gasteiger partial charge < -0.3 is 4.57 Å². The molecule has 2 aromatic heterocycles. The largest absolute Gasteiger partial charge is 0.318 e. The predicted molar refractivity (Wildman–Crippen MR) is 115 cm³/mol. The summed E-state index contributed by atoms with van der Waals surface area (Å²) < 4.78 is 4.09. The molecule has 136 valence electrons. The summed E-state index contributed by atoms with van der Waals surface area (Å²) in [6.07, 6.45) is 0. The fourth-order valence-electron chi connectivity index (χ4n) is 3.17. The van der Waals surface area contributed by atoms with Gasteiger partial charge in [-0.3, -0.25) is 4.79 Å². The van der Waals surface area contributed by atoms with Crippen LogP contribution >= 0.6 is 34.7 Å². The molecule has 4 rings (SSSR count). The minimum absolute atomic E-state index is 0.118. The number of fused-ring (bicyclic) bond motifs is 1. The Kier molecular flexibility index (Phi) is 5.08. The number of halogens is 1. The van der Waals surface area contributed by atoms with Crippen molar-refractivity contribution in [1.82, 2.24) is 9.55 Å². The lowest BCUT2D eigenvalue weighted by Crippen LogP contribution is -2.05. The van der Waals surface area contributed by atoms with Crippen LogP contribution in [0, 0.1) is 13.8 Å². The number of carbonyl (C=O) groups is 1. The lowest BCUT2D eigenvalue weighted by Gasteiger charge is -2.09. The highest BCUT2D eigenvalue weighted by molar-refractivity contribution is 8.01. The highest BCUT2D eigenvalue weighted by Crippen LogP contribution is 2.32. The lowest BCUT2D eigenvalue weighted by atomic mass is 10.2. The van der Waals surface area contributed by atoms with Gasteiger partial charge in [0.2, 0.25) is 0 Å². The number of hydrogen-bond acceptors (Lipinski definition) is 4. The molecule has 0 bridgehead atoms. The number of rotatable bonds is 5. The second-order valence-corrected chi connectivity index (χ2v) is 8.95. The number of hydrogen-bond donors (Lipinski definition) is 0. The Bertz CT molecular complexity index is 1130. The third-order valence-electron chi connectivity index (χ3n) is 4.40. The Balaban J connectivity index is 1.54. The molecule has 0 radical (unpaired) electrons. The zero-order valence-electron chi connectivity index (χ0n) is 14.9. The maximum absolute atomic E-state index is 12.8. The molecule has 0 spiro atoms. The number of ketones is 1. The van der Waals surface area contributed by atoms with E-state index in [0.717, 1.165) is 37.2 Å². The van der Waals surface area contributed by atoms with Crippen molar-refractivity contribution in [3.05, 3.63) is 76.6 Å². The van der Waals surface area contributed by atoms with Gasteiger partial charge in [-0.05, 0) is 50.2 Å². The van der Waals surface area contributed by atoms with Crippen LogP contribution in [0.2, 0.25) is 5.02 Å². The maximum atomic E-state index is 12.8. The summed E-state index contributed by atoms with van der Waals surface area (Å²) in [5.74, 6) is 0.486. The van der Waals surface area contributed by atoms with Crippen LogP contribution in [0.5, 0.6) is 0 Å². The van der Waals surface area contributed by atoms with Gasteiger partial charge in [0.25, 0.3) is 0 Å².